The van der Waals surface area contributed by atoms with Crippen LogP contribution in [0.3, 0.4) is 0 Å². The summed E-state index contributed by atoms with van der Waals surface area (Å²) in [4.78, 5) is 0. The maximum absolute atomic E-state index is 5.89. The van der Waals surface area contributed by atoms with Gasteiger partial charge in [0.15, 0.2) is 11.5 Å². The molecule has 0 aliphatic heterocycles. The van der Waals surface area contributed by atoms with Crippen LogP contribution in [-0.2, 0) is 17.8 Å². The smallest absolute Gasteiger partial charge is 0.165 e. The number of methoxy groups -OCH3 is 1. The Kier molecular flexibility index (Phi) is 7.59. The minimum absolute atomic E-state index is 0.513. The van der Waals surface area contributed by atoms with E-state index in [0.29, 0.717) is 19.8 Å². The molecule has 4 nitrogen and oxygen atoms in total. The average Bonchev–Trinajstić information content (AvgIpc) is 2.59. The molecule has 0 bridgehead atoms. The number of hydrogen-bond donors (Lipinski definition) is 1. The van der Waals surface area contributed by atoms with Crippen LogP contribution in [0.25, 0.3) is 0 Å². The van der Waals surface area contributed by atoms with Gasteiger partial charge < -0.3 is 19.5 Å². The third-order valence-electron chi connectivity index (χ3n) is 3.69. The van der Waals surface area contributed by atoms with Gasteiger partial charge in [0.25, 0.3) is 0 Å². The molecule has 0 atom stereocenters. The molecule has 0 amide bonds. The summed E-state index contributed by atoms with van der Waals surface area (Å²) < 4.78 is 16.7. The van der Waals surface area contributed by atoms with Crippen LogP contribution in [-0.4, -0.2) is 26.9 Å². The highest BCUT2D eigenvalue weighted by Gasteiger charge is 2.10. The second kappa shape index (κ2) is 9.96. The van der Waals surface area contributed by atoms with E-state index in [1.165, 1.54) is 11.1 Å². The summed E-state index contributed by atoms with van der Waals surface area (Å²) in [5.74, 6) is 1.54. The van der Waals surface area contributed by atoms with Gasteiger partial charge >= 0.3 is 0 Å². The van der Waals surface area contributed by atoms with Crippen molar-refractivity contribution >= 4 is 0 Å². The van der Waals surface area contributed by atoms with Gasteiger partial charge in [-0.05, 0) is 25.5 Å². The van der Waals surface area contributed by atoms with Crippen molar-refractivity contribution in [2.45, 2.75) is 26.9 Å². The van der Waals surface area contributed by atoms with E-state index in [1.807, 2.05) is 19.1 Å². The molecule has 0 heterocycles. The Bertz CT molecular complexity index is 628. The first-order valence-corrected chi connectivity index (χ1v) is 8.37. The predicted octanol–water partition coefficient (Wildman–Crippen LogP) is 3.71. The Morgan fingerprint density at radius 1 is 1.00 bits per heavy atom. The van der Waals surface area contributed by atoms with E-state index in [0.717, 1.165) is 30.2 Å². The normalized spacial score (nSPS) is 10.6. The van der Waals surface area contributed by atoms with Crippen molar-refractivity contribution in [3.8, 4) is 11.5 Å². The van der Waals surface area contributed by atoms with Crippen LogP contribution >= 0.6 is 0 Å². The van der Waals surface area contributed by atoms with Crippen molar-refractivity contribution in [1.82, 2.24) is 5.32 Å². The van der Waals surface area contributed by atoms with Crippen molar-refractivity contribution in [3.63, 3.8) is 0 Å². The molecule has 0 aliphatic rings. The van der Waals surface area contributed by atoms with Gasteiger partial charge in [-0.1, -0.05) is 42.0 Å². The highest BCUT2D eigenvalue weighted by atomic mass is 16.5. The van der Waals surface area contributed by atoms with Gasteiger partial charge in [0.05, 0.1) is 13.7 Å². The van der Waals surface area contributed by atoms with Gasteiger partial charge in [-0.15, -0.1) is 0 Å². The van der Waals surface area contributed by atoms with Gasteiger partial charge in [0, 0.05) is 25.3 Å². The molecule has 24 heavy (non-hydrogen) atoms. The summed E-state index contributed by atoms with van der Waals surface area (Å²) in [5.41, 5.74) is 3.63. The van der Waals surface area contributed by atoms with Crippen molar-refractivity contribution < 1.29 is 14.2 Å². The molecule has 0 saturated heterocycles. The lowest BCUT2D eigenvalue weighted by Gasteiger charge is -2.15. The summed E-state index contributed by atoms with van der Waals surface area (Å²) in [7, 11) is 1.66. The van der Waals surface area contributed by atoms with Crippen LogP contribution in [0.4, 0.5) is 0 Å². The molecule has 0 aromatic heterocycles. The summed E-state index contributed by atoms with van der Waals surface area (Å²) in [5, 5.41) is 3.47. The van der Waals surface area contributed by atoms with Gasteiger partial charge in [0.2, 0.25) is 0 Å². The zero-order chi connectivity index (χ0) is 17.2. The zero-order valence-electron chi connectivity index (χ0n) is 14.8. The topological polar surface area (TPSA) is 39.7 Å². The number of nitrogens with one attached hydrogen (secondary N) is 1. The molecule has 0 unspecified atom stereocenters. The van der Waals surface area contributed by atoms with Crippen molar-refractivity contribution in [1.29, 1.82) is 0 Å². The molecular weight excluding hydrogens is 302 g/mol. The summed E-state index contributed by atoms with van der Waals surface area (Å²) >= 11 is 0. The van der Waals surface area contributed by atoms with Crippen molar-refractivity contribution in [2.75, 3.05) is 26.9 Å². The van der Waals surface area contributed by atoms with Crippen LogP contribution < -0.4 is 14.8 Å². The minimum atomic E-state index is 0.513. The predicted molar refractivity (Wildman–Crippen MR) is 96.7 cm³/mol. The summed E-state index contributed by atoms with van der Waals surface area (Å²) in [6.45, 7) is 7.40. The van der Waals surface area contributed by atoms with Gasteiger partial charge in [-0.25, -0.2) is 0 Å². The lowest BCUT2D eigenvalue weighted by molar-refractivity contribution is 0.108. The highest BCUT2D eigenvalue weighted by Crippen LogP contribution is 2.31. The van der Waals surface area contributed by atoms with Crippen LogP contribution in [0.5, 0.6) is 11.5 Å². The molecule has 2 aromatic carbocycles. The third kappa shape index (κ3) is 5.55. The molecule has 0 saturated carbocycles. The van der Waals surface area contributed by atoms with E-state index in [2.05, 4.69) is 42.6 Å². The fourth-order valence-electron chi connectivity index (χ4n) is 2.54. The van der Waals surface area contributed by atoms with Gasteiger partial charge in [0.1, 0.15) is 6.61 Å². The fourth-order valence-corrected chi connectivity index (χ4v) is 2.54. The third-order valence-corrected chi connectivity index (χ3v) is 3.69. The Hall–Kier alpha value is -2.04. The molecule has 1 N–H and O–H groups in total. The number of hydrogen-bond acceptors (Lipinski definition) is 4. The fraction of sp³-hybridized carbons (Fsp3) is 0.400. The van der Waals surface area contributed by atoms with Crippen LogP contribution in [0, 0.1) is 6.92 Å². The average molecular weight is 329 g/mol. The Labute approximate surface area is 144 Å². The molecule has 130 valence electrons. The first-order chi connectivity index (χ1) is 11.7. The second-order valence-electron chi connectivity index (χ2n) is 5.59. The first-order valence-electron chi connectivity index (χ1n) is 8.37. The number of aryl methyl sites for hydroxylation is 1. The lowest BCUT2D eigenvalue weighted by atomic mass is 10.1. The Morgan fingerprint density at radius 3 is 2.58 bits per heavy atom. The number of rotatable bonds is 10. The largest absolute Gasteiger partial charge is 0.493 e. The first kappa shape index (κ1) is 18.3. The maximum Gasteiger partial charge on any atom is 0.165 e. The van der Waals surface area contributed by atoms with Crippen molar-refractivity contribution in [2.24, 2.45) is 0 Å². The molecular formula is C20H27NO3. The van der Waals surface area contributed by atoms with Gasteiger partial charge in [-0.2, -0.15) is 0 Å². The SMILES string of the molecule is CCOCCOc1c(CNCc2cccc(C)c2)cccc1OC. The Balaban J connectivity index is 1.97. The zero-order valence-corrected chi connectivity index (χ0v) is 14.8. The minimum Gasteiger partial charge on any atom is -0.493 e. The summed E-state index contributed by atoms with van der Waals surface area (Å²) in [6, 6.07) is 14.5. The number of benzene rings is 2. The van der Waals surface area contributed by atoms with E-state index >= 15 is 0 Å². The van der Waals surface area contributed by atoms with E-state index in [9.17, 15) is 0 Å². The molecule has 4 heteroatoms. The van der Waals surface area contributed by atoms with E-state index in [1.54, 1.807) is 7.11 Å². The van der Waals surface area contributed by atoms with Gasteiger partial charge in [-0.3, -0.25) is 0 Å². The molecule has 2 rings (SSSR count). The Morgan fingerprint density at radius 2 is 1.83 bits per heavy atom. The van der Waals surface area contributed by atoms with E-state index in [4.69, 9.17) is 14.2 Å². The van der Waals surface area contributed by atoms with Crippen LogP contribution in [0.2, 0.25) is 0 Å². The highest BCUT2D eigenvalue weighted by molar-refractivity contribution is 5.46. The van der Waals surface area contributed by atoms with E-state index < -0.39 is 0 Å². The molecule has 0 radical (unpaired) electrons. The second-order valence-corrected chi connectivity index (χ2v) is 5.59. The van der Waals surface area contributed by atoms with Crippen LogP contribution in [0.1, 0.15) is 23.6 Å². The molecule has 0 aliphatic carbocycles. The molecule has 2 aromatic rings. The number of para-hydroxylation sites is 1. The standard InChI is InChI=1S/C20H27NO3/c1-4-23-11-12-24-20-18(9-6-10-19(20)22-3)15-21-14-17-8-5-7-16(2)13-17/h5-10,13,21H,4,11-12,14-15H2,1-3H3. The lowest BCUT2D eigenvalue weighted by Crippen LogP contribution is -2.15. The quantitative estimate of drug-likeness (QED) is 0.675. The van der Waals surface area contributed by atoms with Crippen LogP contribution in [0.15, 0.2) is 42.5 Å². The number of ether oxygens (including phenoxy) is 3. The molecule has 0 spiro atoms. The van der Waals surface area contributed by atoms with Crippen molar-refractivity contribution in [3.05, 3.63) is 59.2 Å². The monoisotopic (exact) mass is 329 g/mol. The molecule has 0 fully saturated rings. The maximum atomic E-state index is 5.89. The summed E-state index contributed by atoms with van der Waals surface area (Å²) in [6.07, 6.45) is 0. The van der Waals surface area contributed by atoms with E-state index in [-0.39, 0.29) is 0 Å².